The third-order valence-corrected chi connectivity index (χ3v) is 2.93. The van der Waals surface area contributed by atoms with Crippen molar-refractivity contribution >= 4 is 0 Å². The van der Waals surface area contributed by atoms with Crippen LogP contribution in [-0.4, -0.2) is 13.1 Å². The summed E-state index contributed by atoms with van der Waals surface area (Å²) >= 11 is 0. The smallest absolute Gasteiger partial charge is 0.00111 e. The molecule has 46 valence electrons. The SMILES string of the molecule is CCC12CNCC1C2. The van der Waals surface area contributed by atoms with E-state index in [2.05, 4.69) is 12.2 Å². The van der Waals surface area contributed by atoms with Crippen LogP contribution in [0.2, 0.25) is 0 Å². The van der Waals surface area contributed by atoms with E-state index >= 15 is 0 Å². The fraction of sp³-hybridized carbons (Fsp3) is 1.00. The van der Waals surface area contributed by atoms with Crippen molar-refractivity contribution in [2.24, 2.45) is 11.3 Å². The fourth-order valence-corrected chi connectivity index (χ4v) is 1.99. The van der Waals surface area contributed by atoms with E-state index < -0.39 is 0 Å². The molecule has 1 saturated heterocycles. The summed E-state index contributed by atoms with van der Waals surface area (Å²) < 4.78 is 0. The second kappa shape index (κ2) is 1.27. The molecule has 2 aliphatic rings. The molecule has 1 nitrogen and oxygen atoms in total. The minimum atomic E-state index is 0.792. The molecule has 1 saturated carbocycles. The van der Waals surface area contributed by atoms with Gasteiger partial charge in [-0.2, -0.15) is 0 Å². The van der Waals surface area contributed by atoms with Crippen molar-refractivity contribution in [1.82, 2.24) is 5.32 Å². The second-order valence-corrected chi connectivity index (χ2v) is 3.25. The van der Waals surface area contributed by atoms with Crippen LogP contribution in [0.3, 0.4) is 0 Å². The van der Waals surface area contributed by atoms with Gasteiger partial charge in [0.15, 0.2) is 0 Å². The molecule has 0 amide bonds. The van der Waals surface area contributed by atoms with Gasteiger partial charge in [0.1, 0.15) is 0 Å². The largest absolute Gasteiger partial charge is 0.316 e. The third kappa shape index (κ3) is 0.408. The summed E-state index contributed by atoms with van der Waals surface area (Å²) in [5.41, 5.74) is 0.792. The monoisotopic (exact) mass is 111 g/mol. The molecule has 8 heavy (non-hydrogen) atoms. The van der Waals surface area contributed by atoms with Crippen molar-refractivity contribution in [3.05, 3.63) is 0 Å². The predicted molar refractivity (Wildman–Crippen MR) is 33.7 cm³/mol. The van der Waals surface area contributed by atoms with Gasteiger partial charge in [0.2, 0.25) is 0 Å². The number of hydrogen-bond donors (Lipinski definition) is 1. The molecule has 1 aliphatic heterocycles. The highest BCUT2D eigenvalue weighted by Gasteiger charge is 2.55. The lowest BCUT2D eigenvalue weighted by molar-refractivity contribution is 0.496. The van der Waals surface area contributed by atoms with Gasteiger partial charge in [0.25, 0.3) is 0 Å². The van der Waals surface area contributed by atoms with Crippen LogP contribution in [0, 0.1) is 11.3 Å². The Balaban J connectivity index is 2.08. The summed E-state index contributed by atoms with van der Waals surface area (Å²) in [5, 5.41) is 3.41. The van der Waals surface area contributed by atoms with Gasteiger partial charge >= 0.3 is 0 Å². The van der Waals surface area contributed by atoms with Gasteiger partial charge in [0, 0.05) is 6.54 Å². The first-order chi connectivity index (χ1) is 3.87. The van der Waals surface area contributed by atoms with Gasteiger partial charge in [0.05, 0.1) is 0 Å². The Morgan fingerprint density at radius 3 is 2.88 bits per heavy atom. The minimum Gasteiger partial charge on any atom is -0.316 e. The Hall–Kier alpha value is -0.0400. The number of hydrogen-bond acceptors (Lipinski definition) is 1. The average molecular weight is 111 g/mol. The molecular formula is C7H13N. The van der Waals surface area contributed by atoms with Crippen LogP contribution < -0.4 is 5.32 Å². The standard InChI is InChI=1S/C7H13N/c1-2-7-3-6(7)4-8-5-7/h6,8H,2-5H2,1H3. The van der Waals surface area contributed by atoms with Crippen LogP contribution >= 0.6 is 0 Å². The lowest BCUT2D eigenvalue weighted by Gasteiger charge is -2.04. The summed E-state index contributed by atoms with van der Waals surface area (Å²) in [5.74, 6) is 1.06. The Kier molecular flexibility index (Phi) is 0.762. The van der Waals surface area contributed by atoms with Crippen LogP contribution in [-0.2, 0) is 0 Å². The number of fused-ring (bicyclic) bond motifs is 1. The molecule has 2 unspecified atom stereocenters. The zero-order valence-corrected chi connectivity index (χ0v) is 5.41. The molecule has 0 radical (unpaired) electrons. The molecule has 0 bridgehead atoms. The molecule has 0 aromatic rings. The van der Waals surface area contributed by atoms with E-state index in [9.17, 15) is 0 Å². The molecule has 1 heteroatoms. The highest BCUT2D eigenvalue weighted by Crippen LogP contribution is 2.56. The number of nitrogens with one attached hydrogen (secondary N) is 1. The van der Waals surface area contributed by atoms with Crippen molar-refractivity contribution in [3.8, 4) is 0 Å². The maximum Gasteiger partial charge on any atom is 0.00111 e. The quantitative estimate of drug-likeness (QED) is 0.532. The van der Waals surface area contributed by atoms with Crippen LogP contribution in [0.1, 0.15) is 19.8 Å². The molecule has 0 spiro atoms. The van der Waals surface area contributed by atoms with Crippen molar-refractivity contribution in [2.45, 2.75) is 19.8 Å². The summed E-state index contributed by atoms with van der Waals surface area (Å²) in [6, 6.07) is 0. The van der Waals surface area contributed by atoms with Gasteiger partial charge in [-0.1, -0.05) is 6.92 Å². The normalized spacial score (nSPS) is 51.4. The highest BCUT2D eigenvalue weighted by molar-refractivity contribution is 5.08. The summed E-state index contributed by atoms with van der Waals surface area (Å²) in [4.78, 5) is 0. The van der Waals surface area contributed by atoms with E-state index in [-0.39, 0.29) is 0 Å². The minimum absolute atomic E-state index is 0.792. The lowest BCUT2D eigenvalue weighted by atomic mass is 10.0. The van der Waals surface area contributed by atoms with E-state index in [4.69, 9.17) is 0 Å². The number of rotatable bonds is 1. The molecule has 1 heterocycles. The van der Waals surface area contributed by atoms with Gasteiger partial charge in [-0.25, -0.2) is 0 Å². The zero-order valence-electron chi connectivity index (χ0n) is 5.41. The van der Waals surface area contributed by atoms with E-state index in [1.165, 1.54) is 25.9 Å². The predicted octanol–water partition coefficient (Wildman–Crippen LogP) is 1.01. The second-order valence-electron chi connectivity index (χ2n) is 3.25. The van der Waals surface area contributed by atoms with Crippen LogP contribution in [0.4, 0.5) is 0 Å². The Bertz CT molecular complexity index is 107. The molecule has 2 fully saturated rings. The van der Waals surface area contributed by atoms with E-state index in [1.807, 2.05) is 0 Å². The molecular weight excluding hydrogens is 98.1 g/mol. The third-order valence-electron chi connectivity index (χ3n) is 2.93. The molecule has 0 aromatic carbocycles. The van der Waals surface area contributed by atoms with Crippen LogP contribution in [0.5, 0.6) is 0 Å². The van der Waals surface area contributed by atoms with Crippen molar-refractivity contribution in [2.75, 3.05) is 13.1 Å². The topological polar surface area (TPSA) is 12.0 Å². The Morgan fingerprint density at radius 2 is 2.62 bits per heavy atom. The zero-order chi connectivity index (χ0) is 5.61. The van der Waals surface area contributed by atoms with E-state index in [0.717, 1.165) is 11.3 Å². The van der Waals surface area contributed by atoms with Gasteiger partial charge in [-0.05, 0) is 30.7 Å². The molecule has 2 atom stereocenters. The summed E-state index contributed by atoms with van der Waals surface area (Å²) in [6.45, 7) is 4.91. The number of piperidine rings is 1. The van der Waals surface area contributed by atoms with Crippen molar-refractivity contribution < 1.29 is 0 Å². The van der Waals surface area contributed by atoms with Gasteiger partial charge < -0.3 is 5.32 Å². The van der Waals surface area contributed by atoms with Crippen LogP contribution in [0.15, 0.2) is 0 Å². The summed E-state index contributed by atoms with van der Waals surface area (Å²) in [6.07, 6.45) is 2.90. The first kappa shape index (κ1) is 4.80. The Labute approximate surface area is 50.5 Å². The highest BCUT2D eigenvalue weighted by atomic mass is 15.0. The van der Waals surface area contributed by atoms with Gasteiger partial charge in [-0.15, -0.1) is 0 Å². The fourth-order valence-electron chi connectivity index (χ4n) is 1.99. The van der Waals surface area contributed by atoms with Crippen molar-refractivity contribution in [3.63, 3.8) is 0 Å². The van der Waals surface area contributed by atoms with Crippen LogP contribution in [0.25, 0.3) is 0 Å². The molecule has 0 aromatic heterocycles. The van der Waals surface area contributed by atoms with E-state index in [1.54, 1.807) is 0 Å². The van der Waals surface area contributed by atoms with Gasteiger partial charge in [-0.3, -0.25) is 0 Å². The maximum atomic E-state index is 3.41. The maximum absolute atomic E-state index is 3.41. The van der Waals surface area contributed by atoms with Crippen molar-refractivity contribution in [1.29, 1.82) is 0 Å². The summed E-state index contributed by atoms with van der Waals surface area (Å²) in [7, 11) is 0. The molecule has 1 N–H and O–H groups in total. The lowest BCUT2D eigenvalue weighted by Crippen LogP contribution is -2.15. The molecule has 2 rings (SSSR count). The average Bonchev–Trinajstić information content (AvgIpc) is 2.38. The first-order valence-corrected chi connectivity index (χ1v) is 3.58. The Morgan fingerprint density at radius 1 is 1.75 bits per heavy atom. The molecule has 1 aliphatic carbocycles. The first-order valence-electron chi connectivity index (χ1n) is 3.58. The van der Waals surface area contributed by atoms with E-state index in [0.29, 0.717) is 0 Å².